The molecule has 0 aromatic carbocycles. The molecule has 1 saturated carbocycles. The molecular weight excluding hydrogens is 234 g/mol. The minimum atomic E-state index is -0.508. The van der Waals surface area contributed by atoms with Crippen LogP contribution in [0.5, 0.6) is 0 Å². The Labute approximate surface area is 106 Å². The van der Waals surface area contributed by atoms with Gasteiger partial charge < -0.3 is 4.74 Å². The van der Waals surface area contributed by atoms with Gasteiger partial charge in [0.2, 0.25) is 11.8 Å². The van der Waals surface area contributed by atoms with E-state index in [2.05, 4.69) is 6.92 Å². The Morgan fingerprint density at radius 3 is 2.22 bits per heavy atom. The molecule has 2 aliphatic rings. The molecule has 2 unspecified atom stereocenters. The number of ether oxygens (including phenoxy) is 1. The minimum absolute atomic E-state index is 0.186. The van der Waals surface area contributed by atoms with E-state index in [1.807, 2.05) is 0 Å². The summed E-state index contributed by atoms with van der Waals surface area (Å²) < 4.78 is 4.78. The summed E-state index contributed by atoms with van der Waals surface area (Å²) in [5.41, 5.74) is 0. The number of nitrogens with zero attached hydrogens (tertiary/aromatic N) is 1. The van der Waals surface area contributed by atoms with Crippen LogP contribution in [-0.4, -0.2) is 35.8 Å². The van der Waals surface area contributed by atoms with E-state index in [9.17, 15) is 14.4 Å². The van der Waals surface area contributed by atoms with Crippen LogP contribution in [0, 0.1) is 17.8 Å². The maximum atomic E-state index is 12.1. The van der Waals surface area contributed by atoms with Crippen molar-refractivity contribution >= 4 is 17.8 Å². The highest BCUT2D eigenvalue weighted by molar-refractivity contribution is 6.07. The molecule has 2 atom stereocenters. The van der Waals surface area contributed by atoms with E-state index >= 15 is 0 Å². The topological polar surface area (TPSA) is 63.7 Å². The molecule has 0 aromatic rings. The molecule has 100 valence electrons. The molecule has 2 rings (SSSR count). The van der Waals surface area contributed by atoms with Crippen molar-refractivity contribution in [1.82, 2.24) is 4.90 Å². The Hall–Kier alpha value is -1.39. The smallest absolute Gasteiger partial charge is 0.326 e. The molecule has 1 aliphatic heterocycles. The van der Waals surface area contributed by atoms with Gasteiger partial charge in [0.05, 0.1) is 18.4 Å². The molecule has 0 bridgehead atoms. The van der Waals surface area contributed by atoms with E-state index in [0.717, 1.165) is 24.2 Å². The Morgan fingerprint density at radius 2 is 1.78 bits per heavy atom. The summed E-state index contributed by atoms with van der Waals surface area (Å²) in [7, 11) is 0. The normalized spacial score (nSPS) is 30.8. The lowest BCUT2D eigenvalue weighted by Crippen LogP contribution is -2.37. The van der Waals surface area contributed by atoms with E-state index in [0.29, 0.717) is 5.92 Å². The molecule has 5 nitrogen and oxygen atoms in total. The van der Waals surface area contributed by atoms with E-state index in [1.54, 1.807) is 6.92 Å². The lowest BCUT2D eigenvalue weighted by Gasteiger charge is -2.16. The second-order valence-electron chi connectivity index (χ2n) is 5.03. The summed E-state index contributed by atoms with van der Waals surface area (Å²) in [4.78, 5) is 36.6. The SMILES string of the molecule is CCOC(=O)CN1C(=O)C2CC(CC)CC2C1=O. The Balaban J connectivity index is 2.03. The average Bonchev–Trinajstić information content (AvgIpc) is 2.86. The van der Waals surface area contributed by atoms with Crippen LogP contribution in [0.1, 0.15) is 33.1 Å². The number of rotatable bonds is 4. The Kier molecular flexibility index (Phi) is 3.68. The van der Waals surface area contributed by atoms with E-state index in [4.69, 9.17) is 4.74 Å². The molecule has 0 aromatic heterocycles. The number of esters is 1. The van der Waals surface area contributed by atoms with Crippen LogP contribution in [-0.2, 0) is 19.1 Å². The summed E-state index contributed by atoms with van der Waals surface area (Å²) >= 11 is 0. The summed E-state index contributed by atoms with van der Waals surface area (Å²) in [5, 5.41) is 0. The van der Waals surface area contributed by atoms with Crippen molar-refractivity contribution in [3.63, 3.8) is 0 Å². The van der Waals surface area contributed by atoms with E-state index < -0.39 is 5.97 Å². The molecule has 0 radical (unpaired) electrons. The van der Waals surface area contributed by atoms with Crippen LogP contribution in [0.3, 0.4) is 0 Å². The standard InChI is InChI=1S/C13H19NO4/c1-3-8-5-9-10(6-8)13(17)14(12(9)16)7-11(15)18-4-2/h8-10H,3-7H2,1-2H3. The molecule has 0 N–H and O–H groups in total. The number of imide groups is 1. The van der Waals surface area contributed by atoms with Crippen LogP contribution in [0.25, 0.3) is 0 Å². The van der Waals surface area contributed by atoms with Gasteiger partial charge in [0.15, 0.2) is 0 Å². The maximum Gasteiger partial charge on any atom is 0.326 e. The van der Waals surface area contributed by atoms with Gasteiger partial charge in [0.25, 0.3) is 0 Å². The van der Waals surface area contributed by atoms with Crippen molar-refractivity contribution in [3.05, 3.63) is 0 Å². The third-order valence-electron chi connectivity index (χ3n) is 4.00. The predicted octanol–water partition coefficient (Wildman–Crippen LogP) is 0.971. The lowest BCUT2D eigenvalue weighted by atomic mass is 10.00. The summed E-state index contributed by atoms with van der Waals surface area (Å²) in [6, 6.07) is 0. The van der Waals surface area contributed by atoms with Crippen LogP contribution in [0.4, 0.5) is 0 Å². The van der Waals surface area contributed by atoms with Gasteiger partial charge in [-0.2, -0.15) is 0 Å². The number of likely N-dealkylation sites (tertiary alicyclic amines) is 1. The first-order valence-corrected chi connectivity index (χ1v) is 6.59. The van der Waals surface area contributed by atoms with Crippen LogP contribution in [0.2, 0.25) is 0 Å². The summed E-state index contributed by atoms with van der Waals surface area (Å²) in [5.74, 6) is -0.805. The monoisotopic (exact) mass is 253 g/mol. The van der Waals surface area contributed by atoms with Gasteiger partial charge in [0, 0.05) is 0 Å². The second kappa shape index (κ2) is 5.08. The number of carbonyl (C=O) groups is 3. The molecule has 18 heavy (non-hydrogen) atoms. The third-order valence-corrected chi connectivity index (χ3v) is 4.00. The Morgan fingerprint density at radius 1 is 1.22 bits per heavy atom. The molecule has 1 heterocycles. The third kappa shape index (κ3) is 2.13. The van der Waals surface area contributed by atoms with Gasteiger partial charge in [-0.1, -0.05) is 13.3 Å². The number of amides is 2. The predicted molar refractivity (Wildman–Crippen MR) is 63.3 cm³/mol. The van der Waals surface area contributed by atoms with E-state index in [-0.39, 0.29) is 36.8 Å². The molecule has 2 fully saturated rings. The van der Waals surface area contributed by atoms with Gasteiger partial charge >= 0.3 is 5.97 Å². The number of carbonyl (C=O) groups excluding carboxylic acids is 3. The molecule has 0 spiro atoms. The van der Waals surface area contributed by atoms with Crippen molar-refractivity contribution in [2.45, 2.75) is 33.1 Å². The zero-order valence-corrected chi connectivity index (χ0v) is 10.8. The van der Waals surface area contributed by atoms with Crippen LogP contribution < -0.4 is 0 Å². The molecular formula is C13H19NO4. The first-order chi connectivity index (χ1) is 8.58. The number of fused-ring (bicyclic) bond motifs is 1. The fourth-order valence-corrected chi connectivity index (χ4v) is 3.02. The second-order valence-corrected chi connectivity index (χ2v) is 5.03. The zero-order valence-electron chi connectivity index (χ0n) is 10.8. The van der Waals surface area contributed by atoms with Gasteiger partial charge in [-0.15, -0.1) is 0 Å². The minimum Gasteiger partial charge on any atom is -0.465 e. The highest BCUT2D eigenvalue weighted by atomic mass is 16.5. The van der Waals surface area contributed by atoms with Gasteiger partial charge in [-0.3, -0.25) is 19.3 Å². The van der Waals surface area contributed by atoms with Crippen molar-refractivity contribution in [1.29, 1.82) is 0 Å². The highest BCUT2D eigenvalue weighted by Crippen LogP contribution is 2.44. The first-order valence-electron chi connectivity index (χ1n) is 6.59. The molecule has 1 saturated heterocycles. The fraction of sp³-hybridized carbons (Fsp3) is 0.769. The summed E-state index contributed by atoms with van der Waals surface area (Å²) in [6.07, 6.45) is 2.57. The molecule has 2 amide bonds. The van der Waals surface area contributed by atoms with Crippen molar-refractivity contribution in [2.75, 3.05) is 13.2 Å². The first kappa shape index (κ1) is 13.1. The zero-order chi connectivity index (χ0) is 13.3. The van der Waals surface area contributed by atoms with Crippen molar-refractivity contribution in [2.24, 2.45) is 17.8 Å². The van der Waals surface area contributed by atoms with Gasteiger partial charge in [-0.05, 0) is 25.7 Å². The fourth-order valence-electron chi connectivity index (χ4n) is 3.02. The van der Waals surface area contributed by atoms with Crippen LogP contribution in [0.15, 0.2) is 0 Å². The quantitative estimate of drug-likeness (QED) is 0.553. The maximum absolute atomic E-state index is 12.1. The number of hydrogen-bond donors (Lipinski definition) is 0. The highest BCUT2D eigenvalue weighted by Gasteiger charge is 2.52. The average molecular weight is 253 g/mol. The number of hydrogen-bond acceptors (Lipinski definition) is 4. The van der Waals surface area contributed by atoms with Crippen molar-refractivity contribution in [3.8, 4) is 0 Å². The molecule has 5 heteroatoms. The largest absolute Gasteiger partial charge is 0.465 e. The Bertz CT molecular complexity index is 355. The van der Waals surface area contributed by atoms with Crippen molar-refractivity contribution < 1.29 is 19.1 Å². The van der Waals surface area contributed by atoms with Crippen LogP contribution >= 0.6 is 0 Å². The van der Waals surface area contributed by atoms with Gasteiger partial charge in [-0.25, -0.2) is 0 Å². The molecule has 1 aliphatic carbocycles. The van der Waals surface area contributed by atoms with E-state index in [1.165, 1.54) is 0 Å². The lowest BCUT2D eigenvalue weighted by molar-refractivity contribution is -0.153. The van der Waals surface area contributed by atoms with Gasteiger partial charge in [0.1, 0.15) is 6.54 Å². The summed E-state index contributed by atoms with van der Waals surface area (Å²) in [6.45, 7) is 3.82.